The van der Waals surface area contributed by atoms with Crippen LogP contribution in [0.2, 0.25) is 0 Å². The Hall–Kier alpha value is -2.67. The standard InChI is InChI=1S/C18H20N4O3/c23-17(8-7-12-10-19-14-5-2-1-4-13(12)14)20-11-16-21-18(25-22-16)15-6-3-9-24-15/h1-2,4-5,10,15,19H,3,6-9,11H2,(H,20,23). The van der Waals surface area contributed by atoms with E-state index in [2.05, 4.69) is 26.5 Å². The normalized spacial score (nSPS) is 17.2. The molecule has 25 heavy (non-hydrogen) atoms. The molecular weight excluding hydrogens is 320 g/mol. The van der Waals surface area contributed by atoms with E-state index >= 15 is 0 Å². The Morgan fingerprint density at radius 1 is 1.36 bits per heavy atom. The quantitative estimate of drug-likeness (QED) is 0.719. The predicted molar refractivity (Wildman–Crippen MR) is 90.7 cm³/mol. The fourth-order valence-electron chi connectivity index (χ4n) is 3.10. The van der Waals surface area contributed by atoms with Crippen molar-refractivity contribution in [3.63, 3.8) is 0 Å². The van der Waals surface area contributed by atoms with E-state index in [1.807, 2.05) is 24.4 Å². The maximum absolute atomic E-state index is 12.1. The number of para-hydroxylation sites is 1. The lowest BCUT2D eigenvalue weighted by atomic mass is 10.1. The van der Waals surface area contributed by atoms with Crippen molar-refractivity contribution in [3.05, 3.63) is 47.7 Å². The number of hydrogen-bond acceptors (Lipinski definition) is 5. The van der Waals surface area contributed by atoms with Crippen LogP contribution in [0.25, 0.3) is 10.9 Å². The minimum Gasteiger partial charge on any atom is -0.368 e. The molecule has 0 aliphatic carbocycles. The Bertz CT molecular complexity index is 864. The maximum Gasteiger partial charge on any atom is 0.255 e. The van der Waals surface area contributed by atoms with Crippen molar-refractivity contribution >= 4 is 16.8 Å². The molecule has 0 bridgehead atoms. The molecule has 0 saturated carbocycles. The van der Waals surface area contributed by atoms with Crippen molar-refractivity contribution < 1.29 is 14.1 Å². The zero-order valence-electron chi connectivity index (χ0n) is 13.8. The molecule has 3 aromatic rings. The van der Waals surface area contributed by atoms with E-state index in [-0.39, 0.29) is 18.6 Å². The van der Waals surface area contributed by atoms with Gasteiger partial charge in [-0.3, -0.25) is 4.79 Å². The van der Waals surface area contributed by atoms with Gasteiger partial charge in [-0.25, -0.2) is 0 Å². The van der Waals surface area contributed by atoms with E-state index in [0.717, 1.165) is 35.9 Å². The summed E-state index contributed by atoms with van der Waals surface area (Å²) in [5.41, 5.74) is 2.23. The number of aromatic amines is 1. The van der Waals surface area contributed by atoms with Gasteiger partial charge in [0.05, 0.1) is 6.54 Å². The lowest BCUT2D eigenvalue weighted by Crippen LogP contribution is -2.23. The molecule has 2 aromatic heterocycles. The van der Waals surface area contributed by atoms with Crippen molar-refractivity contribution in [2.75, 3.05) is 6.61 Å². The maximum atomic E-state index is 12.1. The van der Waals surface area contributed by atoms with Crippen LogP contribution in [0.1, 0.15) is 42.6 Å². The number of benzene rings is 1. The van der Waals surface area contributed by atoms with Gasteiger partial charge in [-0.15, -0.1) is 0 Å². The van der Waals surface area contributed by atoms with E-state index in [1.165, 1.54) is 0 Å². The second kappa shape index (κ2) is 7.06. The molecule has 1 aromatic carbocycles. The molecule has 1 unspecified atom stereocenters. The first-order chi connectivity index (χ1) is 12.3. The monoisotopic (exact) mass is 340 g/mol. The number of H-pyrrole nitrogens is 1. The van der Waals surface area contributed by atoms with Gasteiger partial charge in [0, 0.05) is 30.1 Å². The average molecular weight is 340 g/mol. The van der Waals surface area contributed by atoms with Gasteiger partial charge in [-0.2, -0.15) is 4.98 Å². The van der Waals surface area contributed by atoms with Gasteiger partial charge in [0.25, 0.3) is 5.89 Å². The molecule has 1 aliphatic heterocycles. The fraction of sp³-hybridized carbons (Fsp3) is 0.389. The molecule has 130 valence electrons. The van der Waals surface area contributed by atoms with Crippen LogP contribution in [0.4, 0.5) is 0 Å². The number of hydrogen-bond donors (Lipinski definition) is 2. The highest BCUT2D eigenvalue weighted by molar-refractivity contribution is 5.84. The predicted octanol–water partition coefficient (Wildman–Crippen LogP) is 2.65. The van der Waals surface area contributed by atoms with Crippen molar-refractivity contribution in [2.45, 2.75) is 38.3 Å². The summed E-state index contributed by atoms with van der Waals surface area (Å²) >= 11 is 0. The van der Waals surface area contributed by atoms with Gasteiger partial charge < -0.3 is 19.6 Å². The van der Waals surface area contributed by atoms with Crippen molar-refractivity contribution in [3.8, 4) is 0 Å². The summed E-state index contributed by atoms with van der Waals surface area (Å²) in [7, 11) is 0. The Labute approximate surface area is 144 Å². The largest absolute Gasteiger partial charge is 0.368 e. The molecule has 3 heterocycles. The molecule has 1 aliphatic rings. The Morgan fingerprint density at radius 3 is 3.16 bits per heavy atom. The second-order valence-electron chi connectivity index (χ2n) is 6.19. The number of amides is 1. The van der Waals surface area contributed by atoms with Crippen LogP contribution in [-0.4, -0.2) is 27.6 Å². The molecule has 2 N–H and O–H groups in total. The van der Waals surface area contributed by atoms with Crippen LogP contribution in [0, 0.1) is 0 Å². The summed E-state index contributed by atoms with van der Waals surface area (Å²) < 4.78 is 10.7. The molecular formula is C18H20N4O3. The highest BCUT2D eigenvalue weighted by Gasteiger charge is 2.23. The van der Waals surface area contributed by atoms with Crippen molar-refractivity contribution in [2.24, 2.45) is 0 Å². The summed E-state index contributed by atoms with van der Waals surface area (Å²) in [4.78, 5) is 19.6. The minimum atomic E-state index is -0.0983. The van der Waals surface area contributed by atoms with Gasteiger partial charge >= 0.3 is 0 Å². The van der Waals surface area contributed by atoms with E-state index < -0.39 is 0 Å². The Balaban J connectivity index is 1.28. The number of nitrogens with zero attached hydrogens (tertiary/aromatic N) is 2. The molecule has 0 radical (unpaired) electrons. The third-order valence-electron chi connectivity index (χ3n) is 4.43. The zero-order chi connectivity index (χ0) is 17.1. The van der Waals surface area contributed by atoms with E-state index in [0.29, 0.717) is 24.6 Å². The van der Waals surface area contributed by atoms with Crippen LogP contribution in [0.3, 0.4) is 0 Å². The number of carbonyl (C=O) groups excluding carboxylic acids is 1. The third-order valence-corrected chi connectivity index (χ3v) is 4.43. The third kappa shape index (κ3) is 3.56. The number of fused-ring (bicyclic) bond motifs is 1. The first kappa shape index (κ1) is 15.8. The van der Waals surface area contributed by atoms with Gasteiger partial charge in [0.15, 0.2) is 5.82 Å². The summed E-state index contributed by atoms with van der Waals surface area (Å²) in [5.74, 6) is 0.945. The number of aromatic nitrogens is 3. The lowest BCUT2D eigenvalue weighted by molar-refractivity contribution is -0.121. The SMILES string of the molecule is O=C(CCc1c[nH]c2ccccc12)NCc1noc(C2CCCO2)n1. The van der Waals surface area contributed by atoms with Crippen LogP contribution >= 0.6 is 0 Å². The molecule has 4 rings (SSSR count). The number of rotatable bonds is 6. The first-order valence-corrected chi connectivity index (χ1v) is 8.55. The van der Waals surface area contributed by atoms with E-state index in [4.69, 9.17) is 9.26 Å². The van der Waals surface area contributed by atoms with Gasteiger partial charge in [-0.1, -0.05) is 23.4 Å². The molecule has 1 saturated heterocycles. The second-order valence-corrected chi connectivity index (χ2v) is 6.19. The number of nitrogens with one attached hydrogen (secondary N) is 2. The molecule has 7 nitrogen and oxygen atoms in total. The fourth-order valence-corrected chi connectivity index (χ4v) is 3.10. The molecule has 1 amide bonds. The van der Waals surface area contributed by atoms with E-state index in [9.17, 15) is 4.79 Å². The smallest absolute Gasteiger partial charge is 0.255 e. The average Bonchev–Trinajstić information content (AvgIpc) is 3.38. The van der Waals surface area contributed by atoms with Crippen LogP contribution < -0.4 is 5.32 Å². The molecule has 1 fully saturated rings. The Kier molecular flexibility index (Phi) is 4.47. The number of ether oxygens (including phenoxy) is 1. The van der Waals surface area contributed by atoms with Crippen LogP contribution in [0.5, 0.6) is 0 Å². The number of aryl methyl sites for hydroxylation is 1. The summed E-state index contributed by atoms with van der Waals surface area (Å²) in [6.45, 7) is 0.996. The van der Waals surface area contributed by atoms with E-state index in [1.54, 1.807) is 0 Å². The van der Waals surface area contributed by atoms with Crippen molar-refractivity contribution in [1.29, 1.82) is 0 Å². The highest BCUT2D eigenvalue weighted by atomic mass is 16.5. The van der Waals surface area contributed by atoms with Gasteiger partial charge in [-0.05, 0) is 30.9 Å². The topological polar surface area (TPSA) is 93.0 Å². The van der Waals surface area contributed by atoms with Crippen LogP contribution in [-0.2, 0) is 22.5 Å². The molecule has 1 atom stereocenters. The molecule has 0 spiro atoms. The zero-order valence-corrected chi connectivity index (χ0v) is 13.8. The number of carbonyl (C=O) groups is 1. The lowest BCUT2D eigenvalue weighted by Gasteiger charge is -2.02. The summed E-state index contributed by atoms with van der Waals surface area (Å²) in [5, 5.41) is 7.90. The summed E-state index contributed by atoms with van der Waals surface area (Å²) in [6, 6.07) is 8.08. The van der Waals surface area contributed by atoms with Crippen LogP contribution in [0.15, 0.2) is 35.0 Å². The van der Waals surface area contributed by atoms with Gasteiger partial charge in [0.1, 0.15) is 6.10 Å². The summed E-state index contributed by atoms with van der Waals surface area (Å²) in [6.07, 6.45) is 4.87. The minimum absolute atomic E-state index is 0.0336. The van der Waals surface area contributed by atoms with Gasteiger partial charge in [0.2, 0.25) is 5.91 Å². The van der Waals surface area contributed by atoms with Crippen molar-refractivity contribution in [1.82, 2.24) is 20.4 Å². The highest BCUT2D eigenvalue weighted by Crippen LogP contribution is 2.26. The Morgan fingerprint density at radius 2 is 2.28 bits per heavy atom. The molecule has 7 heteroatoms. The first-order valence-electron chi connectivity index (χ1n) is 8.55.